The molecule has 2 heterocycles. The van der Waals surface area contributed by atoms with Gasteiger partial charge < -0.3 is 5.32 Å². The number of amidine groups is 1. The maximum absolute atomic E-state index is 11.5. The third-order valence-electron chi connectivity index (χ3n) is 4.46. The molecule has 0 aromatic rings. The lowest BCUT2D eigenvalue weighted by atomic mass is 9.78. The van der Waals surface area contributed by atoms with Crippen LogP contribution in [0.3, 0.4) is 0 Å². The van der Waals surface area contributed by atoms with Crippen molar-refractivity contribution in [2.75, 3.05) is 17.3 Å². The van der Waals surface area contributed by atoms with Crippen molar-refractivity contribution in [1.29, 1.82) is 0 Å². The van der Waals surface area contributed by atoms with Crippen LogP contribution >= 0.6 is 11.8 Å². The Morgan fingerprint density at radius 3 is 2.95 bits per heavy atom. The molecule has 0 aromatic carbocycles. The standard InChI is InChI=1S/C13H22N2O2S2/c1-10-3-2-5-13(7-10)9-18-12(15-13)14-11-4-6-19(16,17)8-11/h10-11H,2-9H2,1H3,(H,14,15). The minimum absolute atomic E-state index is 0.0174. The average molecular weight is 302 g/mol. The summed E-state index contributed by atoms with van der Waals surface area (Å²) in [5.74, 6) is 2.42. The summed E-state index contributed by atoms with van der Waals surface area (Å²) in [6.07, 6.45) is 5.77. The van der Waals surface area contributed by atoms with Crippen molar-refractivity contribution in [2.45, 2.75) is 50.6 Å². The molecule has 1 aliphatic carbocycles. The molecule has 1 saturated carbocycles. The topological polar surface area (TPSA) is 58.5 Å². The number of hydrogen-bond donors (Lipinski definition) is 1. The normalized spacial score (nSPS) is 43.7. The van der Waals surface area contributed by atoms with Gasteiger partial charge >= 0.3 is 0 Å². The highest BCUT2D eigenvalue weighted by Crippen LogP contribution is 2.39. The largest absolute Gasteiger partial charge is 0.359 e. The number of sulfone groups is 1. The molecule has 3 unspecified atom stereocenters. The number of aliphatic imine (C=N–C) groups is 1. The Labute approximate surface area is 119 Å². The zero-order valence-corrected chi connectivity index (χ0v) is 13.0. The maximum Gasteiger partial charge on any atom is 0.157 e. The third-order valence-corrected chi connectivity index (χ3v) is 7.39. The molecule has 0 bridgehead atoms. The summed E-state index contributed by atoms with van der Waals surface area (Å²) in [5, 5.41) is 4.59. The van der Waals surface area contributed by atoms with Crippen LogP contribution in [0.2, 0.25) is 0 Å². The van der Waals surface area contributed by atoms with Gasteiger partial charge in [-0.1, -0.05) is 31.5 Å². The summed E-state index contributed by atoms with van der Waals surface area (Å²) >= 11 is 1.78. The van der Waals surface area contributed by atoms with Gasteiger partial charge in [-0.05, 0) is 25.2 Å². The number of thioether (sulfide) groups is 1. The second kappa shape index (κ2) is 4.95. The average Bonchev–Trinajstić information content (AvgIpc) is 2.84. The highest BCUT2D eigenvalue weighted by Gasteiger charge is 2.40. The minimum Gasteiger partial charge on any atom is -0.359 e. The first-order valence-corrected chi connectivity index (χ1v) is 9.96. The maximum atomic E-state index is 11.5. The van der Waals surface area contributed by atoms with Crippen LogP contribution in [0.5, 0.6) is 0 Å². The number of nitrogens with zero attached hydrogens (tertiary/aromatic N) is 1. The second-order valence-corrected chi connectivity index (χ2v) is 9.58. The lowest BCUT2D eigenvalue weighted by molar-refractivity contribution is 0.242. The Morgan fingerprint density at radius 2 is 2.26 bits per heavy atom. The van der Waals surface area contributed by atoms with Gasteiger partial charge in [-0.2, -0.15) is 0 Å². The van der Waals surface area contributed by atoms with Gasteiger partial charge in [-0.3, -0.25) is 4.99 Å². The molecule has 2 aliphatic heterocycles. The summed E-state index contributed by atoms with van der Waals surface area (Å²) in [6, 6.07) is -0.0174. The van der Waals surface area contributed by atoms with Gasteiger partial charge in [0.2, 0.25) is 0 Å². The van der Waals surface area contributed by atoms with Crippen LogP contribution < -0.4 is 5.32 Å². The van der Waals surface area contributed by atoms with Crippen molar-refractivity contribution in [1.82, 2.24) is 5.32 Å². The molecule has 0 aromatic heterocycles. The summed E-state index contributed by atoms with van der Waals surface area (Å²) in [6.45, 7) is 2.33. The predicted molar refractivity (Wildman–Crippen MR) is 80.5 cm³/mol. The lowest BCUT2D eigenvalue weighted by Gasteiger charge is -2.36. The quantitative estimate of drug-likeness (QED) is 0.802. The number of hydrogen-bond acceptors (Lipinski definition) is 4. The van der Waals surface area contributed by atoms with E-state index in [9.17, 15) is 8.42 Å². The van der Waals surface area contributed by atoms with Crippen molar-refractivity contribution in [2.24, 2.45) is 10.9 Å². The second-order valence-electron chi connectivity index (χ2n) is 6.39. The van der Waals surface area contributed by atoms with Crippen molar-refractivity contribution in [3.63, 3.8) is 0 Å². The van der Waals surface area contributed by atoms with E-state index in [0.29, 0.717) is 12.2 Å². The molecule has 3 aliphatic rings. The first-order chi connectivity index (χ1) is 8.96. The van der Waals surface area contributed by atoms with Gasteiger partial charge in [0.25, 0.3) is 0 Å². The molecule has 6 heteroatoms. The molecule has 2 saturated heterocycles. The number of rotatable bonds is 1. The molecular formula is C13H22N2O2S2. The van der Waals surface area contributed by atoms with E-state index in [4.69, 9.17) is 0 Å². The van der Waals surface area contributed by atoms with Gasteiger partial charge in [0.05, 0.1) is 17.5 Å². The fourth-order valence-corrected chi connectivity index (χ4v) is 6.41. The molecule has 3 rings (SSSR count). The van der Waals surface area contributed by atoms with E-state index in [1.54, 1.807) is 11.8 Å². The molecule has 108 valence electrons. The minimum atomic E-state index is -2.82. The molecule has 1 N–H and O–H groups in total. The zero-order chi connectivity index (χ0) is 13.5. The Bertz CT molecular complexity index is 489. The molecule has 3 atom stereocenters. The van der Waals surface area contributed by atoms with Crippen molar-refractivity contribution >= 4 is 26.8 Å². The molecule has 1 spiro atoms. The van der Waals surface area contributed by atoms with E-state index >= 15 is 0 Å². The van der Waals surface area contributed by atoms with Crippen LogP contribution in [0.15, 0.2) is 4.99 Å². The monoisotopic (exact) mass is 302 g/mol. The van der Waals surface area contributed by atoms with Gasteiger partial charge in [0, 0.05) is 11.3 Å². The van der Waals surface area contributed by atoms with E-state index in [2.05, 4.69) is 17.2 Å². The molecular weight excluding hydrogens is 280 g/mol. The SMILES string of the molecule is CC1CCCC2(CSC(=NC3CCS(=O)(=O)C3)N2)C1. The zero-order valence-electron chi connectivity index (χ0n) is 11.4. The van der Waals surface area contributed by atoms with Gasteiger partial charge in [0.15, 0.2) is 15.0 Å². The Kier molecular flexibility index (Phi) is 3.58. The van der Waals surface area contributed by atoms with Crippen LogP contribution in [0, 0.1) is 5.92 Å². The van der Waals surface area contributed by atoms with E-state index in [0.717, 1.165) is 16.8 Å². The van der Waals surface area contributed by atoms with Crippen LogP contribution in [-0.4, -0.2) is 42.4 Å². The van der Waals surface area contributed by atoms with Crippen LogP contribution in [-0.2, 0) is 9.84 Å². The van der Waals surface area contributed by atoms with Gasteiger partial charge in [-0.25, -0.2) is 8.42 Å². The van der Waals surface area contributed by atoms with E-state index in [-0.39, 0.29) is 17.3 Å². The fourth-order valence-electron chi connectivity index (χ4n) is 3.52. The molecule has 3 fully saturated rings. The van der Waals surface area contributed by atoms with Crippen molar-refractivity contribution < 1.29 is 8.42 Å². The molecule has 0 radical (unpaired) electrons. The smallest absolute Gasteiger partial charge is 0.157 e. The van der Waals surface area contributed by atoms with Gasteiger partial charge in [0.1, 0.15) is 0 Å². The summed E-state index contributed by atoms with van der Waals surface area (Å²) in [7, 11) is -2.82. The van der Waals surface area contributed by atoms with Crippen LogP contribution in [0.25, 0.3) is 0 Å². The van der Waals surface area contributed by atoms with Crippen molar-refractivity contribution in [3.8, 4) is 0 Å². The Morgan fingerprint density at radius 1 is 1.42 bits per heavy atom. The highest BCUT2D eigenvalue weighted by atomic mass is 32.2. The first-order valence-electron chi connectivity index (χ1n) is 7.16. The number of nitrogens with one attached hydrogen (secondary N) is 1. The highest BCUT2D eigenvalue weighted by molar-refractivity contribution is 8.14. The molecule has 0 amide bonds. The third kappa shape index (κ3) is 3.10. The summed E-state index contributed by atoms with van der Waals surface area (Å²) < 4.78 is 22.9. The fraction of sp³-hybridized carbons (Fsp3) is 0.923. The Hall–Kier alpha value is -0.230. The van der Waals surface area contributed by atoms with Crippen LogP contribution in [0.4, 0.5) is 0 Å². The summed E-state index contributed by atoms with van der Waals surface area (Å²) in [4.78, 5) is 4.63. The van der Waals surface area contributed by atoms with E-state index in [1.165, 1.54) is 25.7 Å². The predicted octanol–water partition coefficient (Wildman–Crippen LogP) is 1.81. The summed E-state index contributed by atoms with van der Waals surface area (Å²) in [5.41, 5.74) is 0.235. The molecule has 19 heavy (non-hydrogen) atoms. The van der Waals surface area contributed by atoms with E-state index < -0.39 is 9.84 Å². The first kappa shape index (κ1) is 13.7. The van der Waals surface area contributed by atoms with Crippen molar-refractivity contribution in [3.05, 3.63) is 0 Å². The van der Waals surface area contributed by atoms with Gasteiger partial charge in [-0.15, -0.1) is 0 Å². The Balaban J connectivity index is 1.65. The van der Waals surface area contributed by atoms with Crippen LogP contribution in [0.1, 0.15) is 39.0 Å². The van der Waals surface area contributed by atoms with E-state index in [1.807, 2.05) is 0 Å². The molecule has 4 nitrogen and oxygen atoms in total. The lowest BCUT2D eigenvalue weighted by Crippen LogP contribution is -2.47.